The summed E-state index contributed by atoms with van der Waals surface area (Å²) in [7, 11) is -1.31. The Labute approximate surface area is 118 Å². The van der Waals surface area contributed by atoms with Gasteiger partial charge in [0.1, 0.15) is 0 Å². The van der Waals surface area contributed by atoms with Gasteiger partial charge in [0.2, 0.25) is 0 Å². The van der Waals surface area contributed by atoms with Crippen molar-refractivity contribution in [3.8, 4) is 0 Å². The molecule has 0 amide bonds. The summed E-state index contributed by atoms with van der Waals surface area (Å²) in [4.78, 5) is 0. The van der Waals surface area contributed by atoms with Crippen LogP contribution in [0.25, 0.3) is 21.8 Å². The maximum Gasteiger partial charge on any atom is 0.456 e. The van der Waals surface area contributed by atoms with Crippen LogP contribution in [0.1, 0.15) is 19.9 Å². The zero-order chi connectivity index (χ0) is 14.3. The number of para-hydroxylation sites is 2. The molecule has 1 aromatic heterocycles. The van der Waals surface area contributed by atoms with Crippen LogP contribution in [0.15, 0.2) is 48.5 Å². The van der Waals surface area contributed by atoms with Gasteiger partial charge in [-0.3, -0.25) is 0 Å². The molecular formula is C16H18BNO2. The van der Waals surface area contributed by atoms with Crippen molar-refractivity contribution < 1.29 is 10.0 Å². The van der Waals surface area contributed by atoms with E-state index < -0.39 is 7.12 Å². The Morgan fingerprint density at radius 2 is 1.30 bits per heavy atom. The SMILES string of the molecule is CC([C@H](C)B(O)O)n1c2ccccc2c2ccccc21. The van der Waals surface area contributed by atoms with Crippen molar-refractivity contribution in [1.82, 2.24) is 4.57 Å². The van der Waals surface area contributed by atoms with E-state index in [0.29, 0.717) is 0 Å². The van der Waals surface area contributed by atoms with E-state index in [4.69, 9.17) is 0 Å². The van der Waals surface area contributed by atoms with Crippen LogP contribution in [0.2, 0.25) is 5.82 Å². The van der Waals surface area contributed by atoms with Crippen molar-refractivity contribution in [2.24, 2.45) is 0 Å². The first-order valence-electron chi connectivity index (χ1n) is 6.95. The molecule has 0 spiro atoms. The van der Waals surface area contributed by atoms with Crippen LogP contribution >= 0.6 is 0 Å². The number of nitrogens with zero attached hydrogens (tertiary/aromatic N) is 1. The Balaban J connectivity index is 2.32. The summed E-state index contributed by atoms with van der Waals surface area (Å²) in [6.07, 6.45) is 0. The molecule has 0 radical (unpaired) electrons. The summed E-state index contributed by atoms with van der Waals surface area (Å²) < 4.78 is 2.20. The van der Waals surface area contributed by atoms with Gasteiger partial charge in [-0.1, -0.05) is 43.3 Å². The van der Waals surface area contributed by atoms with Crippen LogP contribution in [-0.4, -0.2) is 21.7 Å². The van der Waals surface area contributed by atoms with Crippen LogP contribution in [0.4, 0.5) is 0 Å². The number of benzene rings is 2. The molecule has 0 aliphatic heterocycles. The summed E-state index contributed by atoms with van der Waals surface area (Å²) in [5.74, 6) is -0.241. The third-order valence-electron chi connectivity index (χ3n) is 4.26. The first-order valence-corrected chi connectivity index (χ1v) is 6.95. The Bertz CT molecular complexity index is 697. The molecule has 20 heavy (non-hydrogen) atoms. The second kappa shape index (κ2) is 4.96. The molecule has 3 nitrogen and oxygen atoms in total. The number of hydrogen-bond acceptors (Lipinski definition) is 2. The minimum absolute atomic E-state index is 0.000185. The zero-order valence-electron chi connectivity index (χ0n) is 11.7. The molecule has 1 unspecified atom stereocenters. The monoisotopic (exact) mass is 267 g/mol. The summed E-state index contributed by atoms with van der Waals surface area (Å²) in [5.41, 5.74) is 2.27. The fourth-order valence-corrected chi connectivity index (χ4v) is 2.88. The van der Waals surface area contributed by atoms with E-state index in [1.54, 1.807) is 0 Å². The van der Waals surface area contributed by atoms with Crippen molar-refractivity contribution in [3.05, 3.63) is 48.5 Å². The maximum absolute atomic E-state index is 9.48. The predicted octanol–water partition coefficient (Wildman–Crippen LogP) is 3.22. The van der Waals surface area contributed by atoms with E-state index >= 15 is 0 Å². The minimum atomic E-state index is -1.31. The lowest BCUT2D eigenvalue weighted by molar-refractivity contribution is 0.362. The molecule has 0 saturated heterocycles. The van der Waals surface area contributed by atoms with Gasteiger partial charge in [0.25, 0.3) is 0 Å². The number of hydrogen-bond donors (Lipinski definition) is 2. The first kappa shape index (κ1) is 13.2. The zero-order valence-corrected chi connectivity index (χ0v) is 11.7. The van der Waals surface area contributed by atoms with Crippen LogP contribution < -0.4 is 0 Å². The van der Waals surface area contributed by atoms with Crippen LogP contribution in [-0.2, 0) is 0 Å². The molecule has 0 aliphatic carbocycles. The second-order valence-electron chi connectivity index (χ2n) is 5.42. The van der Waals surface area contributed by atoms with Gasteiger partial charge in [0.05, 0.1) is 0 Å². The van der Waals surface area contributed by atoms with Crippen LogP contribution in [0.3, 0.4) is 0 Å². The summed E-state index contributed by atoms with van der Waals surface area (Å²) >= 11 is 0. The van der Waals surface area contributed by atoms with E-state index in [0.717, 1.165) is 11.0 Å². The highest BCUT2D eigenvalue weighted by atomic mass is 16.4. The largest absolute Gasteiger partial charge is 0.456 e. The molecule has 0 fully saturated rings. The molecule has 3 rings (SSSR count). The smallest absolute Gasteiger partial charge is 0.427 e. The molecule has 1 heterocycles. The molecule has 3 aromatic rings. The first-order chi connectivity index (χ1) is 9.61. The average molecular weight is 267 g/mol. The summed E-state index contributed by atoms with van der Waals surface area (Å²) in [5, 5.41) is 21.4. The number of aromatic nitrogens is 1. The number of rotatable bonds is 3. The molecular weight excluding hydrogens is 249 g/mol. The molecule has 4 heteroatoms. The Morgan fingerprint density at radius 1 is 0.850 bits per heavy atom. The van der Waals surface area contributed by atoms with Gasteiger partial charge in [-0.15, -0.1) is 0 Å². The lowest BCUT2D eigenvalue weighted by atomic mass is 9.70. The lowest BCUT2D eigenvalue weighted by Gasteiger charge is -2.23. The number of fused-ring (bicyclic) bond motifs is 3. The van der Waals surface area contributed by atoms with Crippen molar-refractivity contribution in [3.63, 3.8) is 0 Å². The van der Waals surface area contributed by atoms with E-state index in [-0.39, 0.29) is 11.9 Å². The van der Waals surface area contributed by atoms with Crippen molar-refractivity contribution in [1.29, 1.82) is 0 Å². The van der Waals surface area contributed by atoms with Gasteiger partial charge in [0, 0.05) is 33.7 Å². The van der Waals surface area contributed by atoms with E-state index in [1.165, 1.54) is 10.8 Å². The topological polar surface area (TPSA) is 45.4 Å². The average Bonchev–Trinajstić information content (AvgIpc) is 2.80. The summed E-state index contributed by atoms with van der Waals surface area (Å²) in [6.45, 7) is 3.89. The van der Waals surface area contributed by atoms with Gasteiger partial charge in [-0.25, -0.2) is 0 Å². The van der Waals surface area contributed by atoms with E-state index in [1.807, 2.05) is 38.1 Å². The third-order valence-corrected chi connectivity index (χ3v) is 4.26. The predicted molar refractivity (Wildman–Crippen MR) is 83.8 cm³/mol. The van der Waals surface area contributed by atoms with Gasteiger partial charge in [-0.05, 0) is 19.1 Å². The fourth-order valence-electron chi connectivity index (χ4n) is 2.88. The molecule has 2 N–H and O–H groups in total. The van der Waals surface area contributed by atoms with Crippen molar-refractivity contribution >= 4 is 28.9 Å². The minimum Gasteiger partial charge on any atom is -0.427 e. The molecule has 2 aromatic carbocycles. The van der Waals surface area contributed by atoms with Gasteiger partial charge in [0.15, 0.2) is 0 Å². The van der Waals surface area contributed by atoms with Gasteiger partial charge < -0.3 is 14.6 Å². The maximum atomic E-state index is 9.48. The summed E-state index contributed by atoms with van der Waals surface area (Å²) in [6, 6.07) is 16.5. The Kier molecular flexibility index (Phi) is 3.28. The molecule has 2 atom stereocenters. The fraction of sp³-hybridized carbons (Fsp3) is 0.250. The normalized spacial score (nSPS) is 14.6. The molecule has 102 valence electrons. The van der Waals surface area contributed by atoms with Gasteiger partial charge in [-0.2, -0.15) is 0 Å². The second-order valence-corrected chi connectivity index (χ2v) is 5.42. The highest BCUT2D eigenvalue weighted by Crippen LogP contribution is 2.35. The molecule has 0 aliphatic rings. The third kappa shape index (κ3) is 1.92. The highest BCUT2D eigenvalue weighted by Gasteiger charge is 2.27. The standard InChI is InChI=1S/C16H18BNO2/c1-11(17(19)20)12(2)18-15-9-5-3-7-13(15)14-8-4-6-10-16(14)18/h3-12,19-20H,1-2H3/t11-,12?/m0/s1. The van der Waals surface area contributed by atoms with Crippen LogP contribution in [0, 0.1) is 0 Å². The quantitative estimate of drug-likeness (QED) is 0.716. The van der Waals surface area contributed by atoms with E-state index in [2.05, 4.69) is 28.8 Å². The Hall–Kier alpha value is -1.78. The molecule has 0 bridgehead atoms. The van der Waals surface area contributed by atoms with Crippen LogP contribution in [0.5, 0.6) is 0 Å². The molecule has 0 saturated carbocycles. The van der Waals surface area contributed by atoms with Gasteiger partial charge >= 0.3 is 7.12 Å². The highest BCUT2D eigenvalue weighted by molar-refractivity contribution is 6.43. The Morgan fingerprint density at radius 3 is 1.75 bits per heavy atom. The van der Waals surface area contributed by atoms with Crippen molar-refractivity contribution in [2.75, 3.05) is 0 Å². The lowest BCUT2D eigenvalue weighted by Crippen LogP contribution is -2.25. The van der Waals surface area contributed by atoms with E-state index in [9.17, 15) is 10.0 Å². The van der Waals surface area contributed by atoms with Crippen molar-refractivity contribution in [2.45, 2.75) is 25.7 Å².